The van der Waals surface area contributed by atoms with Crippen LogP contribution in [0.2, 0.25) is 0 Å². The lowest BCUT2D eigenvalue weighted by atomic mass is 10.0. The number of hydrogen-bond donors (Lipinski definition) is 6. The SMILES string of the molecule is CCCCCCCCCCCC(C)NC(=O)CCNCCNCCNCCN(CCC(=O)NC(C)CCCCCCCCCCC)CCC(=O)NC(C)CCCCCCCCCCC. The maximum atomic E-state index is 13.0. The van der Waals surface area contributed by atoms with Crippen LogP contribution in [-0.2, 0) is 14.4 Å². The van der Waals surface area contributed by atoms with Gasteiger partial charge in [-0.2, -0.15) is 0 Å². The summed E-state index contributed by atoms with van der Waals surface area (Å²) in [5, 5.41) is 20.1. The highest BCUT2D eigenvalue weighted by molar-refractivity contribution is 5.77. The van der Waals surface area contributed by atoms with Crippen LogP contribution in [-0.4, -0.2) is 99.6 Å². The summed E-state index contributed by atoms with van der Waals surface area (Å²) in [6.45, 7) is 20.2. The van der Waals surface area contributed by atoms with Gasteiger partial charge in [0.1, 0.15) is 0 Å². The molecule has 0 aromatic carbocycles. The van der Waals surface area contributed by atoms with Gasteiger partial charge in [-0.25, -0.2) is 0 Å². The fraction of sp³-hybridized carbons (Fsp3) is 0.944. The molecular formula is C54H111N7O3. The van der Waals surface area contributed by atoms with Crippen LogP contribution in [0.4, 0.5) is 0 Å². The Morgan fingerprint density at radius 3 is 0.922 bits per heavy atom. The van der Waals surface area contributed by atoms with E-state index in [0.717, 1.165) is 58.5 Å². The van der Waals surface area contributed by atoms with Gasteiger partial charge >= 0.3 is 0 Å². The molecule has 0 bridgehead atoms. The van der Waals surface area contributed by atoms with E-state index in [1.807, 2.05) is 0 Å². The summed E-state index contributed by atoms with van der Waals surface area (Å²) in [5.74, 6) is 0.358. The molecule has 0 rings (SSSR count). The summed E-state index contributed by atoms with van der Waals surface area (Å²) in [7, 11) is 0. The molecule has 10 nitrogen and oxygen atoms in total. The van der Waals surface area contributed by atoms with Gasteiger partial charge in [0.2, 0.25) is 17.7 Å². The highest BCUT2D eigenvalue weighted by Gasteiger charge is 2.14. The molecule has 0 saturated carbocycles. The topological polar surface area (TPSA) is 127 Å². The lowest BCUT2D eigenvalue weighted by molar-refractivity contribution is -0.123. The Hall–Kier alpha value is -1.75. The normalized spacial score (nSPS) is 13.0. The molecule has 0 aliphatic carbocycles. The lowest BCUT2D eigenvalue weighted by Crippen LogP contribution is -2.41. The smallest absolute Gasteiger partial charge is 0.221 e. The van der Waals surface area contributed by atoms with Crippen LogP contribution >= 0.6 is 0 Å². The summed E-state index contributed by atoms with van der Waals surface area (Å²) in [5.41, 5.74) is 0. The van der Waals surface area contributed by atoms with E-state index in [4.69, 9.17) is 0 Å². The van der Waals surface area contributed by atoms with Crippen molar-refractivity contribution in [3.05, 3.63) is 0 Å². The summed E-state index contributed by atoms with van der Waals surface area (Å²) >= 11 is 0. The van der Waals surface area contributed by atoms with Gasteiger partial charge in [-0.05, 0) is 40.0 Å². The van der Waals surface area contributed by atoms with Gasteiger partial charge < -0.3 is 36.8 Å². The van der Waals surface area contributed by atoms with Gasteiger partial charge in [0, 0.05) is 96.3 Å². The third kappa shape index (κ3) is 46.8. The average molecular weight is 907 g/mol. The predicted molar refractivity (Wildman–Crippen MR) is 277 cm³/mol. The quantitative estimate of drug-likeness (QED) is 0.0336. The standard InChI is InChI=1S/C54H111N7O3/c1-7-10-13-16-19-22-25-28-31-34-49(4)58-52(62)37-40-55-41-42-56-43-44-57-45-48-61(46-38-53(63)59-50(5)35-32-29-26-23-20-17-14-11-8-2)47-39-54(64)60-51(6)36-33-30-27-24-21-18-15-12-9-3/h49-51,55-57H,7-48H2,1-6H3,(H,58,62)(H,59,63)(H,60,64). The second kappa shape index (κ2) is 49.2. The van der Waals surface area contributed by atoms with Crippen LogP contribution in [0.3, 0.4) is 0 Å². The number of rotatable bonds is 51. The Labute approximate surface area is 398 Å². The zero-order valence-corrected chi connectivity index (χ0v) is 43.6. The van der Waals surface area contributed by atoms with Crippen molar-refractivity contribution < 1.29 is 14.4 Å². The molecule has 0 aromatic heterocycles. The third-order valence-electron chi connectivity index (χ3n) is 12.8. The molecule has 0 radical (unpaired) electrons. The molecule has 380 valence electrons. The molecule has 0 aromatic rings. The number of carbonyl (C=O) groups is 3. The number of hydrogen-bond acceptors (Lipinski definition) is 7. The maximum absolute atomic E-state index is 13.0. The summed E-state index contributed by atoms with van der Waals surface area (Å²) in [6, 6.07) is 0.638. The zero-order valence-electron chi connectivity index (χ0n) is 43.6. The second-order valence-corrected chi connectivity index (χ2v) is 19.6. The molecule has 64 heavy (non-hydrogen) atoms. The third-order valence-corrected chi connectivity index (χ3v) is 12.8. The molecular weight excluding hydrogens is 795 g/mol. The number of nitrogens with one attached hydrogen (secondary N) is 6. The van der Waals surface area contributed by atoms with Crippen LogP contribution in [0.1, 0.15) is 253 Å². The number of carbonyl (C=O) groups excluding carboxylic acids is 3. The van der Waals surface area contributed by atoms with Crippen LogP contribution in [0.15, 0.2) is 0 Å². The van der Waals surface area contributed by atoms with E-state index in [1.165, 1.54) is 173 Å². The average Bonchev–Trinajstić information content (AvgIpc) is 3.27. The van der Waals surface area contributed by atoms with E-state index < -0.39 is 0 Å². The molecule has 0 saturated heterocycles. The molecule has 10 heteroatoms. The van der Waals surface area contributed by atoms with E-state index in [9.17, 15) is 14.4 Å². The fourth-order valence-electron chi connectivity index (χ4n) is 8.56. The van der Waals surface area contributed by atoms with Crippen molar-refractivity contribution in [3.63, 3.8) is 0 Å². The van der Waals surface area contributed by atoms with Crippen molar-refractivity contribution >= 4 is 17.7 Å². The van der Waals surface area contributed by atoms with Crippen LogP contribution < -0.4 is 31.9 Å². The van der Waals surface area contributed by atoms with E-state index in [1.54, 1.807) is 0 Å². The first-order valence-corrected chi connectivity index (χ1v) is 27.9. The Morgan fingerprint density at radius 1 is 0.328 bits per heavy atom. The molecule has 0 spiro atoms. The van der Waals surface area contributed by atoms with Crippen molar-refractivity contribution in [3.8, 4) is 0 Å². The van der Waals surface area contributed by atoms with Gasteiger partial charge in [0.15, 0.2) is 0 Å². The monoisotopic (exact) mass is 906 g/mol. The first-order chi connectivity index (χ1) is 31.2. The number of unbranched alkanes of at least 4 members (excludes halogenated alkanes) is 24. The Balaban J connectivity index is 4.38. The van der Waals surface area contributed by atoms with Gasteiger partial charge in [0.25, 0.3) is 0 Å². The van der Waals surface area contributed by atoms with Crippen LogP contribution in [0, 0.1) is 0 Å². The highest BCUT2D eigenvalue weighted by atomic mass is 16.2. The molecule has 0 fully saturated rings. The maximum Gasteiger partial charge on any atom is 0.221 e. The van der Waals surface area contributed by atoms with Crippen molar-refractivity contribution in [2.75, 3.05) is 58.9 Å². The predicted octanol–water partition coefficient (Wildman–Crippen LogP) is 11.5. The van der Waals surface area contributed by atoms with E-state index in [0.29, 0.717) is 38.9 Å². The molecule has 3 amide bonds. The van der Waals surface area contributed by atoms with Crippen molar-refractivity contribution in [2.24, 2.45) is 0 Å². The van der Waals surface area contributed by atoms with Gasteiger partial charge in [0.05, 0.1) is 0 Å². The van der Waals surface area contributed by atoms with E-state index in [2.05, 4.69) is 78.3 Å². The van der Waals surface area contributed by atoms with Crippen LogP contribution in [0.25, 0.3) is 0 Å². The van der Waals surface area contributed by atoms with E-state index >= 15 is 0 Å². The summed E-state index contributed by atoms with van der Waals surface area (Å²) in [4.78, 5) is 40.6. The number of nitrogens with zero attached hydrogens (tertiary/aromatic N) is 1. The summed E-state index contributed by atoms with van der Waals surface area (Å²) < 4.78 is 0. The highest BCUT2D eigenvalue weighted by Crippen LogP contribution is 2.14. The van der Waals surface area contributed by atoms with Crippen molar-refractivity contribution in [1.29, 1.82) is 0 Å². The Kier molecular flexibility index (Phi) is 47.8. The van der Waals surface area contributed by atoms with Crippen LogP contribution in [0.5, 0.6) is 0 Å². The molecule has 3 atom stereocenters. The van der Waals surface area contributed by atoms with Crippen molar-refractivity contribution in [1.82, 2.24) is 36.8 Å². The minimum Gasteiger partial charge on any atom is -0.354 e. The Morgan fingerprint density at radius 2 is 0.594 bits per heavy atom. The van der Waals surface area contributed by atoms with Gasteiger partial charge in [-0.1, -0.05) is 194 Å². The van der Waals surface area contributed by atoms with Crippen molar-refractivity contribution in [2.45, 2.75) is 272 Å². The van der Waals surface area contributed by atoms with Gasteiger partial charge in [-0.3, -0.25) is 14.4 Å². The second-order valence-electron chi connectivity index (χ2n) is 19.6. The first-order valence-electron chi connectivity index (χ1n) is 27.9. The lowest BCUT2D eigenvalue weighted by Gasteiger charge is -2.23. The molecule has 3 unspecified atom stereocenters. The molecule has 6 N–H and O–H groups in total. The largest absolute Gasteiger partial charge is 0.354 e. The summed E-state index contributed by atoms with van der Waals surface area (Å²) in [6.07, 6.45) is 40.2. The Bertz CT molecular complexity index is 971. The minimum atomic E-state index is 0.109. The minimum absolute atomic E-state index is 0.109. The fourth-order valence-corrected chi connectivity index (χ4v) is 8.56. The number of amides is 3. The zero-order chi connectivity index (χ0) is 47.0. The van der Waals surface area contributed by atoms with E-state index in [-0.39, 0.29) is 35.8 Å². The molecule has 0 heterocycles. The molecule has 0 aliphatic heterocycles. The molecule has 0 aliphatic rings. The van der Waals surface area contributed by atoms with Gasteiger partial charge in [-0.15, -0.1) is 0 Å². The first kappa shape index (κ1) is 62.2.